The number of rotatable bonds is 6. The molecule has 18 heavy (non-hydrogen) atoms. The van der Waals surface area contributed by atoms with E-state index >= 15 is 0 Å². The molecule has 0 saturated heterocycles. The average Bonchev–Trinajstić information content (AvgIpc) is 2.70. The van der Waals surface area contributed by atoms with E-state index in [1.165, 1.54) is 0 Å². The Labute approximate surface area is 116 Å². The van der Waals surface area contributed by atoms with E-state index in [2.05, 4.69) is 24.9 Å². The standard InChI is InChI=1S/C14H17NOS2/c1-10(2)8-17-9-11(16)7-14-15-12-5-3-4-6-13(12)18-14/h3-6,10H,7-9H2,1-2H3. The summed E-state index contributed by atoms with van der Waals surface area (Å²) in [6, 6.07) is 8.03. The second-order valence-corrected chi connectivity index (χ2v) is 6.85. The Hall–Kier alpha value is -0.870. The molecule has 0 fully saturated rings. The van der Waals surface area contributed by atoms with E-state index in [0.29, 0.717) is 18.1 Å². The van der Waals surface area contributed by atoms with Crippen molar-refractivity contribution in [2.24, 2.45) is 5.92 Å². The molecule has 1 heterocycles. The third-order valence-electron chi connectivity index (χ3n) is 2.40. The van der Waals surface area contributed by atoms with Gasteiger partial charge in [0.1, 0.15) is 10.8 Å². The first-order valence-corrected chi connectivity index (χ1v) is 8.06. The molecule has 0 aliphatic carbocycles. The fourth-order valence-corrected chi connectivity index (χ4v) is 3.54. The Morgan fingerprint density at radius 3 is 2.89 bits per heavy atom. The number of ketones is 1. The zero-order chi connectivity index (χ0) is 13.0. The molecule has 0 aliphatic rings. The van der Waals surface area contributed by atoms with Crippen LogP contribution in [0.15, 0.2) is 24.3 Å². The van der Waals surface area contributed by atoms with Crippen LogP contribution in [0.3, 0.4) is 0 Å². The largest absolute Gasteiger partial charge is 0.298 e. The Kier molecular flexibility index (Phi) is 4.78. The summed E-state index contributed by atoms with van der Waals surface area (Å²) >= 11 is 3.35. The number of thiazole rings is 1. The Balaban J connectivity index is 1.90. The van der Waals surface area contributed by atoms with Crippen molar-refractivity contribution in [1.82, 2.24) is 4.98 Å². The lowest BCUT2D eigenvalue weighted by Gasteiger charge is -2.02. The summed E-state index contributed by atoms with van der Waals surface area (Å²) in [6.45, 7) is 4.34. The SMILES string of the molecule is CC(C)CSCC(=O)Cc1nc2ccccc2s1. The van der Waals surface area contributed by atoms with Crippen molar-refractivity contribution in [3.8, 4) is 0 Å². The predicted octanol–water partition coefficient (Wildman–Crippen LogP) is 3.80. The molecule has 0 radical (unpaired) electrons. The summed E-state index contributed by atoms with van der Waals surface area (Å²) in [5.41, 5.74) is 1.00. The van der Waals surface area contributed by atoms with Crippen LogP contribution >= 0.6 is 23.1 Å². The third-order valence-corrected chi connectivity index (χ3v) is 4.87. The number of aromatic nitrogens is 1. The van der Waals surface area contributed by atoms with Crippen LogP contribution < -0.4 is 0 Å². The Bertz CT molecular complexity index is 500. The summed E-state index contributed by atoms with van der Waals surface area (Å²) < 4.78 is 1.16. The summed E-state index contributed by atoms with van der Waals surface area (Å²) in [7, 11) is 0. The van der Waals surface area contributed by atoms with Crippen LogP contribution in [0, 0.1) is 5.92 Å². The van der Waals surface area contributed by atoms with E-state index < -0.39 is 0 Å². The molecule has 0 bridgehead atoms. The maximum atomic E-state index is 11.8. The predicted molar refractivity (Wildman–Crippen MR) is 80.5 cm³/mol. The Morgan fingerprint density at radius 2 is 2.17 bits per heavy atom. The van der Waals surface area contributed by atoms with E-state index in [0.717, 1.165) is 21.0 Å². The van der Waals surface area contributed by atoms with Gasteiger partial charge in [-0.25, -0.2) is 4.98 Å². The summed E-state index contributed by atoms with van der Waals surface area (Å²) in [4.78, 5) is 16.3. The zero-order valence-corrected chi connectivity index (χ0v) is 12.3. The lowest BCUT2D eigenvalue weighted by molar-refractivity contribution is -0.115. The number of Topliss-reactive ketones (excluding diaryl/α,β-unsaturated/α-hetero) is 1. The van der Waals surface area contributed by atoms with Crippen molar-refractivity contribution >= 4 is 39.1 Å². The van der Waals surface area contributed by atoms with Gasteiger partial charge in [0.25, 0.3) is 0 Å². The van der Waals surface area contributed by atoms with Crippen molar-refractivity contribution in [2.75, 3.05) is 11.5 Å². The van der Waals surface area contributed by atoms with Gasteiger partial charge in [-0.15, -0.1) is 11.3 Å². The molecule has 96 valence electrons. The first-order chi connectivity index (χ1) is 8.65. The van der Waals surface area contributed by atoms with Gasteiger partial charge in [-0.1, -0.05) is 26.0 Å². The minimum atomic E-state index is 0.278. The van der Waals surface area contributed by atoms with Crippen molar-refractivity contribution < 1.29 is 4.79 Å². The summed E-state index contributed by atoms with van der Waals surface area (Å²) in [5, 5.41) is 0.936. The number of carbonyl (C=O) groups excluding carboxylic acids is 1. The molecule has 2 aromatic rings. The van der Waals surface area contributed by atoms with E-state index in [-0.39, 0.29) is 5.78 Å². The molecule has 1 aromatic carbocycles. The molecule has 2 nitrogen and oxygen atoms in total. The number of carbonyl (C=O) groups is 1. The summed E-state index contributed by atoms with van der Waals surface area (Å²) in [6.07, 6.45) is 0.477. The molecule has 0 amide bonds. The smallest absolute Gasteiger partial charge is 0.149 e. The molecule has 1 aromatic heterocycles. The van der Waals surface area contributed by atoms with Gasteiger partial charge in [-0.05, 0) is 23.8 Å². The Morgan fingerprint density at radius 1 is 1.39 bits per heavy atom. The average molecular weight is 279 g/mol. The topological polar surface area (TPSA) is 30.0 Å². The highest BCUT2D eigenvalue weighted by Gasteiger charge is 2.09. The highest BCUT2D eigenvalue weighted by molar-refractivity contribution is 7.99. The van der Waals surface area contributed by atoms with E-state index in [1.54, 1.807) is 23.1 Å². The maximum Gasteiger partial charge on any atom is 0.149 e. The molecule has 0 aliphatic heterocycles. The zero-order valence-electron chi connectivity index (χ0n) is 10.7. The van der Waals surface area contributed by atoms with Crippen LogP contribution in [0.1, 0.15) is 18.9 Å². The van der Waals surface area contributed by atoms with Gasteiger partial charge in [-0.3, -0.25) is 4.79 Å². The van der Waals surface area contributed by atoms with Crippen LogP contribution in [0.25, 0.3) is 10.2 Å². The molecular weight excluding hydrogens is 262 g/mol. The molecular formula is C14H17NOS2. The van der Waals surface area contributed by atoms with Crippen molar-refractivity contribution in [3.63, 3.8) is 0 Å². The highest BCUT2D eigenvalue weighted by atomic mass is 32.2. The van der Waals surface area contributed by atoms with Crippen LogP contribution in [-0.2, 0) is 11.2 Å². The van der Waals surface area contributed by atoms with E-state index in [4.69, 9.17) is 0 Å². The van der Waals surface area contributed by atoms with E-state index in [1.807, 2.05) is 18.2 Å². The number of fused-ring (bicyclic) bond motifs is 1. The second-order valence-electron chi connectivity index (χ2n) is 4.70. The molecule has 0 saturated carbocycles. The minimum Gasteiger partial charge on any atom is -0.298 e. The fraction of sp³-hybridized carbons (Fsp3) is 0.429. The minimum absolute atomic E-state index is 0.278. The van der Waals surface area contributed by atoms with Crippen molar-refractivity contribution in [3.05, 3.63) is 29.3 Å². The van der Waals surface area contributed by atoms with Crippen molar-refractivity contribution in [1.29, 1.82) is 0 Å². The molecule has 0 unspecified atom stereocenters. The maximum absolute atomic E-state index is 11.8. The highest BCUT2D eigenvalue weighted by Crippen LogP contribution is 2.22. The van der Waals surface area contributed by atoms with Crippen LogP contribution in [0.4, 0.5) is 0 Å². The number of nitrogens with zero attached hydrogens (tertiary/aromatic N) is 1. The molecule has 4 heteroatoms. The van der Waals surface area contributed by atoms with Crippen molar-refractivity contribution in [2.45, 2.75) is 20.3 Å². The number of benzene rings is 1. The molecule has 0 spiro atoms. The number of para-hydroxylation sites is 1. The first-order valence-electron chi connectivity index (χ1n) is 6.09. The third kappa shape index (κ3) is 3.82. The van der Waals surface area contributed by atoms with Gasteiger partial charge < -0.3 is 0 Å². The van der Waals surface area contributed by atoms with Gasteiger partial charge in [-0.2, -0.15) is 11.8 Å². The number of hydrogen-bond donors (Lipinski definition) is 0. The monoisotopic (exact) mass is 279 g/mol. The lowest BCUT2D eigenvalue weighted by atomic mass is 10.3. The molecule has 0 atom stereocenters. The van der Waals surface area contributed by atoms with Gasteiger partial charge >= 0.3 is 0 Å². The second kappa shape index (κ2) is 6.34. The number of thioether (sulfide) groups is 1. The molecule has 2 rings (SSSR count). The van der Waals surface area contributed by atoms with Gasteiger partial charge in [0.2, 0.25) is 0 Å². The van der Waals surface area contributed by atoms with Gasteiger partial charge in [0, 0.05) is 0 Å². The fourth-order valence-electron chi connectivity index (χ4n) is 1.62. The van der Waals surface area contributed by atoms with Crippen LogP contribution in [0.2, 0.25) is 0 Å². The number of hydrogen-bond acceptors (Lipinski definition) is 4. The normalized spacial score (nSPS) is 11.3. The van der Waals surface area contributed by atoms with Gasteiger partial charge in [0.05, 0.1) is 22.4 Å². The lowest BCUT2D eigenvalue weighted by Crippen LogP contribution is -2.07. The first kappa shape index (κ1) is 13.6. The quantitative estimate of drug-likeness (QED) is 0.805. The summed E-state index contributed by atoms with van der Waals surface area (Å²) in [5.74, 6) is 2.57. The van der Waals surface area contributed by atoms with Crippen LogP contribution in [0.5, 0.6) is 0 Å². The molecule has 0 N–H and O–H groups in total. The van der Waals surface area contributed by atoms with Crippen LogP contribution in [-0.4, -0.2) is 22.3 Å². The van der Waals surface area contributed by atoms with Gasteiger partial charge in [0.15, 0.2) is 0 Å². The van der Waals surface area contributed by atoms with E-state index in [9.17, 15) is 4.79 Å².